The maximum absolute atomic E-state index is 12.3. The summed E-state index contributed by atoms with van der Waals surface area (Å²) in [5.74, 6) is 0.103. The topological polar surface area (TPSA) is 82.6 Å². The van der Waals surface area contributed by atoms with Crippen LogP contribution in [0.5, 0.6) is 5.75 Å². The zero-order chi connectivity index (χ0) is 20.3. The van der Waals surface area contributed by atoms with Crippen LogP contribution in [0.1, 0.15) is 16.1 Å². The Balaban J connectivity index is 1.69. The Labute approximate surface area is 171 Å². The third kappa shape index (κ3) is 4.70. The van der Waals surface area contributed by atoms with Crippen molar-refractivity contribution in [3.05, 3.63) is 64.1 Å². The molecule has 0 spiro atoms. The van der Waals surface area contributed by atoms with Crippen molar-refractivity contribution in [2.45, 2.75) is 11.5 Å². The zero-order valence-electron chi connectivity index (χ0n) is 15.0. The highest BCUT2D eigenvalue weighted by Gasteiger charge is 2.17. The van der Waals surface area contributed by atoms with Crippen molar-refractivity contribution < 1.29 is 22.7 Å². The van der Waals surface area contributed by atoms with Crippen LogP contribution >= 0.6 is 22.9 Å². The van der Waals surface area contributed by atoms with E-state index in [1.54, 1.807) is 12.5 Å². The molecule has 0 unspecified atom stereocenters. The number of carbonyl (C=O) groups is 1. The zero-order valence-corrected chi connectivity index (χ0v) is 17.4. The van der Waals surface area contributed by atoms with Crippen LogP contribution in [0.25, 0.3) is 10.6 Å². The average Bonchev–Trinajstić information content (AvgIpc) is 3.14. The first-order valence-corrected chi connectivity index (χ1v) is 11.2. The van der Waals surface area contributed by atoms with Crippen molar-refractivity contribution in [2.75, 3.05) is 13.4 Å². The fourth-order valence-corrected chi connectivity index (χ4v) is 4.49. The summed E-state index contributed by atoms with van der Waals surface area (Å²) in [5.41, 5.74) is 1.63. The van der Waals surface area contributed by atoms with Crippen LogP contribution in [0.4, 0.5) is 0 Å². The van der Waals surface area contributed by atoms with Gasteiger partial charge >= 0.3 is 5.97 Å². The minimum atomic E-state index is -3.55. The lowest BCUT2D eigenvalue weighted by molar-refractivity contribution is 0.0468. The van der Waals surface area contributed by atoms with E-state index in [-0.39, 0.29) is 22.1 Å². The van der Waals surface area contributed by atoms with Gasteiger partial charge in [-0.3, -0.25) is 0 Å². The van der Waals surface area contributed by atoms with Crippen LogP contribution in [0.15, 0.2) is 52.7 Å². The third-order valence-corrected chi connectivity index (χ3v) is 6.32. The second-order valence-corrected chi connectivity index (χ2v) is 9.12. The maximum Gasteiger partial charge on any atom is 0.338 e. The molecule has 0 fully saturated rings. The van der Waals surface area contributed by atoms with E-state index < -0.39 is 15.8 Å². The molecule has 0 aliphatic heterocycles. The first kappa shape index (κ1) is 20.3. The fraction of sp³-hybridized carbons (Fsp3) is 0.158. The highest BCUT2D eigenvalue weighted by molar-refractivity contribution is 7.90. The smallest absolute Gasteiger partial charge is 0.338 e. The van der Waals surface area contributed by atoms with E-state index in [2.05, 4.69) is 4.98 Å². The van der Waals surface area contributed by atoms with Crippen molar-refractivity contribution >= 4 is 38.7 Å². The molecule has 2 aromatic carbocycles. The number of rotatable bonds is 6. The predicted molar refractivity (Wildman–Crippen MR) is 108 cm³/mol. The fourth-order valence-electron chi connectivity index (χ4n) is 2.38. The van der Waals surface area contributed by atoms with E-state index in [1.807, 2.05) is 24.3 Å². The predicted octanol–water partition coefficient (Wildman–Crippen LogP) is 4.23. The molecule has 3 aromatic rings. The number of esters is 1. The van der Waals surface area contributed by atoms with Gasteiger partial charge in [-0.25, -0.2) is 18.2 Å². The van der Waals surface area contributed by atoms with Gasteiger partial charge in [-0.2, -0.15) is 0 Å². The summed E-state index contributed by atoms with van der Waals surface area (Å²) < 4.78 is 33.9. The average molecular weight is 438 g/mol. The lowest BCUT2D eigenvalue weighted by Gasteiger charge is -2.06. The molecule has 0 saturated carbocycles. The van der Waals surface area contributed by atoms with Crippen molar-refractivity contribution in [3.63, 3.8) is 0 Å². The number of thiazole rings is 1. The molecule has 0 amide bonds. The Bertz CT molecular complexity index is 1110. The molecule has 0 bridgehead atoms. The van der Waals surface area contributed by atoms with E-state index in [1.165, 1.54) is 29.5 Å². The molecule has 28 heavy (non-hydrogen) atoms. The molecule has 6 nitrogen and oxygen atoms in total. The van der Waals surface area contributed by atoms with Crippen LogP contribution in [0.2, 0.25) is 5.02 Å². The molecule has 0 radical (unpaired) electrons. The summed E-state index contributed by atoms with van der Waals surface area (Å²) in [6.45, 7) is -0.0255. The maximum atomic E-state index is 12.3. The quantitative estimate of drug-likeness (QED) is 0.536. The number of hydrogen-bond donors (Lipinski definition) is 0. The molecule has 9 heteroatoms. The van der Waals surface area contributed by atoms with Gasteiger partial charge in [0.25, 0.3) is 0 Å². The van der Waals surface area contributed by atoms with Crippen LogP contribution < -0.4 is 4.74 Å². The van der Waals surface area contributed by atoms with Gasteiger partial charge in [-0.05, 0) is 42.5 Å². The van der Waals surface area contributed by atoms with Crippen LogP contribution in [-0.4, -0.2) is 32.7 Å². The number of carbonyl (C=O) groups excluding carboxylic acids is 1. The third-order valence-electron chi connectivity index (χ3n) is 3.81. The molecule has 0 aliphatic carbocycles. The molecule has 0 saturated heterocycles. The molecule has 0 aliphatic rings. The molecular weight excluding hydrogens is 422 g/mol. The molecule has 0 atom stereocenters. The normalized spacial score (nSPS) is 11.2. The monoisotopic (exact) mass is 437 g/mol. The minimum absolute atomic E-state index is 0.0255. The summed E-state index contributed by atoms with van der Waals surface area (Å²) in [5, 5.41) is 2.65. The Morgan fingerprint density at radius 2 is 1.89 bits per heavy atom. The van der Waals surface area contributed by atoms with E-state index in [0.717, 1.165) is 22.6 Å². The molecule has 3 rings (SSSR count). The number of sulfone groups is 1. The highest BCUT2D eigenvalue weighted by atomic mass is 35.5. The van der Waals surface area contributed by atoms with Gasteiger partial charge in [-0.1, -0.05) is 11.6 Å². The van der Waals surface area contributed by atoms with E-state index in [9.17, 15) is 13.2 Å². The second-order valence-electron chi connectivity index (χ2n) is 5.87. The number of halogens is 1. The lowest BCUT2D eigenvalue weighted by atomic mass is 10.2. The standard InChI is InChI=1S/C19H16ClNO5S2/c1-25-15-6-3-12(4-7-15)18-21-14(11-27-18)10-26-19(22)13-5-8-16(20)17(9-13)28(2,23)24/h3-9,11H,10H2,1-2H3. The molecule has 0 N–H and O–H groups in total. The van der Waals surface area contributed by atoms with Crippen molar-refractivity contribution in [2.24, 2.45) is 0 Å². The summed E-state index contributed by atoms with van der Waals surface area (Å²) in [6.07, 6.45) is 1.03. The van der Waals surface area contributed by atoms with Gasteiger partial charge in [0.05, 0.1) is 28.3 Å². The largest absolute Gasteiger partial charge is 0.497 e. The number of aromatic nitrogens is 1. The van der Waals surface area contributed by atoms with Gasteiger partial charge in [0.2, 0.25) is 0 Å². The van der Waals surface area contributed by atoms with Crippen LogP contribution in [0, 0.1) is 0 Å². The van der Waals surface area contributed by atoms with Gasteiger partial charge in [0.1, 0.15) is 17.4 Å². The SMILES string of the molecule is COc1ccc(-c2nc(COC(=O)c3ccc(Cl)c(S(C)(=O)=O)c3)cs2)cc1. The van der Waals surface area contributed by atoms with Crippen molar-refractivity contribution in [1.82, 2.24) is 4.98 Å². The van der Waals surface area contributed by atoms with E-state index in [4.69, 9.17) is 21.1 Å². The summed E-state index contributed by atoms with van der Waals surface area (Å²) in [7, 11) is -1.95. The molecule has 1 aromatic heterocycles. The lowest BCUT2D eigenvalue weighted by Crippen LogP contribution is -2.07. The molecular formula is C19H16ClNO5S2. The van der Waals surface area contributed by atoms with Crippen molar-refractivity contribution in [1.29, 1.82) is 0 Å². The summed E-state index contributed by atoms with van der Waals surface area (Å²) in [4.78, 5) is 16.6. The van der Waals surface area contributed by atoms with Crippen LogP contribution in [0.3, 0.4) is 0 Å². The van der Waals surface area contributed by atoms with Gasteiger partial charge in [0, 0.05) is 17.2 Å². The van der Waals surface area contributed by atoms with Gasteiger partial charge < -0.3 is 9.47 Å². The number of benzene rings is 2. The van der Waals surface area contributed by atoms with E-state index in [0.29, 0.717) is 5.69 Å². The number of hydrogen-bond acceptors (Lipinski definition) is 7. The number of ether oxygens (including phenoxy) is 2. The Hall–Kier alpha value is -2.42. The van der Waals surface area contributed by atoms with Gasteiger partial charge in [0.15, 0.2) is 9.84 Å². The van der Waals surface area contributed by atoms with Crippen LogP contribution in [-0.2, 0) is 21.2 Å². The first-order chi connectivity index (χ1) is 13.3. The highest BCUT2D eigenvalue weighted by Crippen LogP contribution is 2.26. The second kappa shape index (κ2) is 8.30. The first-order valence-electron chi connectivity index (χ1n) is 8.03. The van der Waals surface area contributed by atoms with E-state index >= 15 is 0 Å². The Kier molecular flexibility index (Phi) is 6.02. The summed E-state index contributed by atoms with van der Waals surface area (Å²) >= 11 is 7.32. The van der Waals surface area contributed by atoms with Crippen molar-refractivity contribution in [3.8, 4) is 16.3 Å². The summed E-state index contributed by atoms with van der Waals surface area (Å²) in [6, 6.07) is 11.5. The number of nitrogens with zero attached hydrogens (tertiary/aromatic N) is 1. The minimum Gasteiger partial charge on any atom is -0.497 e. The molecule has 1 heterocycles. The molecule has 146 valence electrons. The Morgan fingerprint density at radius 1 is 1.18 bits per heavy atom. The Morgan fingerprint density at radius 3 is 2.54 bits per heavy atom. The van der Waals surface area contributed by atoms with Gasteiger partial charge in [-0.15, -0.1) is 11.3 Å². The number of methoxy groups -OCH3 is 1.